The zero-order valence-electron chi connectivity index (χ0n) is 4.00. The summed E-state index contributed by atoms with van der Waals surface area (Å²) in [5, 5.41) is 13.6. The van der Waals surface area contributed by atoms with Gasteiger partial charge < -0.3 is 12.1 Å². The van der Waals surface area contributed by atoms with Crippen molar-refractivity contribution in [1.82, 2.24) is 0 Å². The van der Waals surface area contributed by atoms with Crippen LogP contribution < -0.4 is 0 Å². The van der Waals surface area contributed by atoms with E-state index in [4.69, 9.17) is 15.3 Å². The minimum atomic E-state index is -1.50. The first-order valence-electron chi connectivity index (χ1n) is 1.27. The van der Waals surface area contributed by atoms with Crippen molar-refractivity contribution < 1.29 is 43.0 Å². The molecule has 0 unspecified atom stereocenters. The van der Waals surface area contributed by atoms with Crippen molar-refractivity contribution in [2.24, 2.45) is 0 Å². The first-order chi connectivity index (χ1) is 2.73. The molecule has 0 aliphatic heterocycles. The Labute approximate surface area is 66.9 Å². The first-order valence-corrected chi connectivity index (χ1v) is 1.27. The fraction of sp³-hybridized carbons (Fsp3) is 0.500. The zero-order chi connectivity index (χ0) is 5.58. The molecule has 0 rings (SSSR count). The fourth-order valence-corrected chi connectivity index (χ4v) is 0. The van der Waals surface area contributed by atoms with Gasteiger partial charge in [-0.1, -0.05) is 0 Å². The van der Waals surface area contributed by atoms with E-state index in [1.54, 1.807) is 6.92 Å². The summed E-state index contributed by atoms with van der Waals surface area (Å²) in [6.07, 6.45) is 0. The van der Waals surface area contributed by atoms with Crippen LogP contribution in [0.15, 0.2) is 0 Å². The van der Waals surface area contributed by atoms with E-state index in [0.29, 0.717) is 0 Å². The van der Waals surface area contributed by atoms with Crippen molar-refractivity contribution in [3.05, 3.63) is 17.0 Å². The van der Waals surface area contributed by atoms with Gasteiger partial charge in [0.2, 0.25) is 0 Å². The van der Waals surface area contributed by atoms with Crippen molar-refractivity contribution >= 4 is 0 Å². The Morgan fingerprint density at radius 2 is 1.71 bits per heavy atom. The van der Waals surface area contributed by atoms with Crippen LogP contribution in [0.5, 0.6) is 0 Å². The molecule has 0 aliphatic carbocycles. The van der Waals surface area contributed by atoms with E-state index in [2.05, 4.69) is 6.92 Å². The van der Waals surface area contributed by atoms with Crippen molar-refractivity contribution in [1.29, 1.82) is 0 Å². The van der Waals surface area contributed by atoms with Crippen LogP contribution in [-0.4, -0.2) is 10.3 Å². The van der Waals surface area contributed by atoms with Gasteiger partial charge in [0, 0.05) is 32.7 Å². The van der Waals surface area contributed by atoms with Crippen LogP contribution in [0.2, 0.25) is 0 Å². The van der Waals surface area contributed by atoms with Gasteiger partial charge in [-0.3, -0.25) is 0 Å². The first kappa shape index (κ1) is 15.7. The van der Waals surface area contributed by atoms with E-state index in [9.17, 15) is 0 Å². The SMILES string of the molecule is O=[N+]([O-])O.[CH2-]C.[Y]. The van der Waals surface area contributed by atoms with Gasteiger partial charge in [-0.2, -0.15) is 6.92 Å². The zero-order valence-corrected chi connectivity index (χ0v) is 6.83. The van der Waals surface area contributed by atoms with Crippen LogP contribution in [0.25, 0.3) is 0 Å². The number of rotatable bonds is 0. The van der Waals surface area contributed by atoms with Crippen LogP contribution in [-0.2, 0) is 32.7 Å². The molecule has 0 spiro atoms. The van der Waals surface area contributed by atoms with Gasteiger partial charge in [0.25, 0.3) is 5.09 Å². The summed E-state index contributed by atoms with van der Waals surface area (Å²) in [7, 11) is 0. The summed E-state index contributed by atoms with van der Waals surface area (Å²) in [6.45, 7) is 5.00. The van der Waals surface area contributed by atoms with E-state index in [0.717, 1.165) is 0 Å². The minimum absolute atomic E-state index is 0. The van der Waals surface area contributed by atoms with E-state index in [-0.39, 0.29) is 32.7 Å². The maximum absolute atomic E-state index is 8.36. The quantitative estimate of drug-likeness (QED) is 0.336. The normalized spacial score (nSPS) is 4.29. The predicted molar refractivity (Wildman–Crippen MR) is 19.8 cm³/mol. The second-order valence-corrected chi connectivity index (χ2v) is 0.238. The Kier molecular flexibility index (Phi) is 36.4. The molecule has 0 fully saturated rings. The monoisotopic (exact) mass is 181 g/mol. The molecule has 0 bridgehead atoms. The Balaban J connectivity index is -0.0000000480. The Bertz CT molecular complexity index is 35.9. The maximum atomic E-state index is 8.36. The third-order valence-electron chi connectivity index (χ3n) is 0. The standard InChI is InChI=1S/C2H5.HNO3.Y/c1-2;2-1(3)4;/h1H2,2H3;(H,2,3,4);/q-1;;. The van der Waals surface area contributed by atoms with Crippen molar-refractivity contribution in [3.63, 3.8) is 0 Å². The summed E-state index contributed by atoms with van der Waals surface area (Å²) < 4.78 is 0. The largest absolute Gasteiger partial charge is 0.346 e. The van der Waals surface area contributed by atoms with Gasteiger partial charge >= 0.3 is 0 Å². The number of nitrogens with zero attached hydrogens (tertiary/aromatic N) is 1. The van der Waals surface area contributed by atoms with Crippen LogP contribution >= 0.6 is 0 Å². The third-order valence-corrected chi connectivity index (χ3v) is 0. The molecule has 0 aromatic carbocycles. The van der Waals surface area contributed by atoms with E-state index in [1.165, 1.54) is 0 Å². The molecule has 0 amide bonds. The molecule has 5 heteroatoms. The predicted octanol–water partition coefficient (Wildman–Crippen LogP) is 0.490. The third kappa shape index (κ3) is 1260. The molecule has 1 radical (unpaired) electrons. The molecule has 41 valence electrons. The fourth-order valence-electron chi connectivity index (χ4n) is 0. The molecule has 7 heavy (non-hydrogen) atoms. The Morgan fingerprint density at radius 3 is 1.71 bits per heavy atom. The molecule has 0 saturated carbocycles. The molecule has 1 N–H and O–H groups in total. The van der Waals surface area contributed by atoms with Crippen LogP contribution in [0.3, 0.4) is 0 Å². The van der Waals surface area contributed by atoms with E-state index in [1.807, 2.05) is 0 Å². The average molecular weight is 181 g/mol. The Morgan fingerprint density at radius 1 is 1.71 bits per heavy atom. The van der Waals surface area contributed by atoms with Gasteiger partial charge in [-0.25, -0.2) is 0 Å². The van der Waals surface area contributed by atoms with Crippen LogP contribution in [0.4, 0.5) is 0 Å². The van der Waals surface area contributed by atoms with Crippen molar-refractivity contribution in [3.8, 4) is 0 Å². The van der Waals surface area contributed by atoms with Crippen molar-refractivity contribution in [2.45, 2.75) is 6.92 Å². The molecule has 0 aliphatic rings. The summed E-state index contributed by atoms with van der Waals surface area (Å²) in [5.41, 5.74) is 0. The molecule has 0 aromatic heterocycles. The van der Waals surface area contributed by atoms with Gasteiger partial charge in [-0.05, 0) is 0 Å². The van der Waals surface area contributed by atoms with Gasteiger partial charge in [0.1, 0.15) is 0 Å². The summed E-state index contributed by atoms with van der Waals surface area (Å²) in [6, 6.07) is 0. The van der Waals surface area contributed by atoms with Gasteiger partial charge in [0.15, 0.2) is 0 Å². The molecular weight excluding hydrogens is 175 g/mol. The summed E-state index contributed by atoms with van der Waals surface area (Å²) in [4.78, 5) is 8.36. The smallest absolute Gasteiger partial charge is 0.291 e. The Hall–Kier alpha value is 0.304. The van der Waals surface area contributed by atoms with E-state index >= 15 is 0 Å². The minimum Gasteiger partial charge on any atom is -0.346 e. The van der Waals surface area contributed by atoms with Gasteiger partial charge in [-0.15, -0.1) is 10.1 Å². The van der Waals surface area contributed by atoms with E-state index < -0.39 is 5.09 Å². The van der Waals surface area contributed by atoms with Crippen LogP contribution in [0.1, 0.15) is 6.92 Å². The molecule has 4 nitrogen and oxygen atoms in total. The molecule has 0 heterocycles. The molecule has 0 saturated heterocycles. The maximum Gasteiger partial charge on any atom is 0.291 e. The number of hydrogen-bond acceptors (Lipinski definition) is 2. The van der Waals surface area contributed by atoms with Gasteiger partial charge in [0.05, 0.1) is 0 Å². The number of hydrogen-bond donors (Lipinski definition) is 1. The topological polar surface area (TPSA) is 63.4 Å². The second-order valence-electron chi connectivity index (χ2n) is 0.238. The van der Waals surface area contributed by atoms with Crippen molar-refractivity contribution in [2.75, 3.05) is 0 Å². The molecule has 0 atom stereocenters. The summed E-state index contributed by atoms with van der Waals surface area (Å²) >= 11 is 0. The average Bonchev–Trinajstić information content (AvgIpc) is 1.41. The molecule has 0 aromatic rings. The molecular formula is C2H6NO3Y-. The van der Waals surface area contributed by atoms with Crippen LogP contribution in [0, 0.1) is 17.0 Å². The second kappa shape index (κ2) is 16.2. The summed E-state index contributed by atoms with van der Waals surface area (Å²) in [5.74, 6) is 0.